The van der Waals surface area contributed by atoms with Crippen LogP contribution in [0, 0.1) is 5.92 Å². The lowest BCUT2D eigenvalue weighted by Crippen LogP contribution is -2.45. The number of benzene rings is 3. The van der Waals surface area contributed by atoms with Crippen molar-refractivity contribution in [3.05, 3.63) is 101 Å². The van der Waals surface area contributed by atoms with Gasteiger partial charge in [0.1, 0.15) is 11.2 Å². The summed E-state index contributed by atoms with van der Waals surface area (Å²) in [5.74, 6) is 0.269. The van der Waals surface area contributed by atoms with Crippen molar-refractivity contribution in [1.82, 2.24) is 4.90 Å². The molecule has 4 nitrogen and oxygen atoms in total. The van der Waals surface area contributed by atoms with E-state index in [1.54, 1.807) is 0 Å². The molecule has 0 aromatic heterocycles. The van der Waals surface area contributed by atoms with Crippen molar-refractivity contribution in [3.8, 4) is 5.75 Å². The van der Waals surface area contributed by atoms with Gasteiger partial charge in [-0.2, -0.15) is 0 Å². The first-order valence-corrected chi connectivity index (χ1v) is 11.5. The maximum Gasteiger partial charge on any atom is 0.318 e. The van der Waals surface area contributed by atoms with Gasteiger partial charge >= 0.3 is 5.97 Å². The molecule has 0 radical (unpaired) electrons. The summed E-state index contributed by atoms with van der Waals surface area (Å²) < 4.78 is 5.62. The molecule has 32 heavy (non-hydrogen) atoms. The highest BCUT2D eigenvalue weighted by atomic mass is 16.5. The number of carboxylic acids is 1. The highest BCUT2D eigenvalue weighted by Gasteiger charge is 2.50. The number of rotatable bonds is 7. The van der Waals surface area contributed by atoms with Crippen molar-refractivity contribution >= 4 is 5.97 Å². The Bertz CT molecular complexity index is 1040. The SMILES string of the molecule is O=C(O)C(c1ccccc1)(c1ccccc1)C1CCN(CCc2ccc3c(c2)CCO3)C1. The highest BCUT2D eigenvalue weighted by molar-refractivity contribution is 5.86. The Morgan fingerprint density at radius 2 is 1.69 bits per heavy atom. The van der Waals surface area contributed by atoms with Gasteiger partial charge in [0.2, 0.25) is 0 Å². The average molecular weight is 428 g/mol. The molecule has 164 valence electrons. The lowest BCUT2D eigenvalue weighted by Gasteiger charge is -2.36. The summed E-state index contributed by atoms with van der Waals surface area (Å²) in [4.78, 5) is 15.4. The fourth-order valence-electron chi connectivity index (χ4n) is 5.53. The van der Waals surface area contributed by atoms with E-state index in [9.17, 15) is 9.90 Å². The first kappa shape index (κ1) is 20.8. The third-order valence-corrected chi connectivity index (χ3v) is 7.15. The number of fused-ring (bicyclic) bond motifs is 1. The molecule has 5 rings (SSSR count). The molecule has 3 aromatic carbocycles. The highest BCUT2D eigenvalue weighted by Crippen LogP contribution is 2.44. The van der Waals surface area contributed by atoms with Gasteiger partial charge in [-0.15, -0.1) is 0 Å². The topological polar surface area (TPSA) is 49.8 Å². The number of carbonyl (C=O) groups is 1. The second-order valence-electron chi connectivity index (χ2n) is 8.92. The van der Waals surface area contributed by atoms with Crippen molar-refractivity contribution in [2.45, 2.75) is 24.7 Å². The van der Waals surface area contributed by atoms with Gasteiger partial charge in [0.15, 0.2) is 0 Å². The zero-order valence-corrected chi connectivity index (χ0v) is 18.2. The Morgan fingerprint density at radius 1 is 1.00 bits per heavy atom. The third-order valence-electron chi connectivity index (χ3n) is 7.15. The van der Waals surface area contributed by atoms with Gasteiger partial charge in [-0.3, -0.25) is 4.79 Å². The van der Waals surface area contributed by atoms with Gasteiger partial charge < -0.3 is 14.7 Å². The van der Waals surface area contributed by atoms with Crippen LogP contribution in [0.5, 0.6) is 5.75 Å². The van der Waals surface area contributed by atoms with Gasteiger partial charge in [-0.25, -0.2) is 0 Å². The molecule has 0 spiro atoms. The van der Waals surface area contributed by atoms with Crippen LogP contribution in [0.4, 0.5) is 0 Å². The molecule has 2 heterocycles. The quantitative estimate of drug-likeness (QED) is 0.601. The van der Waals surface area contributed by atoms with Crippen LogP contribution in [0.25, 0.3) is 0 Å². The van der Waals surface area contributed by atoms with Gasteiger partial charge in [0, 0.05) is 19.5 Å². The monoisotopic (exact) mass is 427 g/mol. The van der Waals surface area contributed by atoms with E-state index in [2.05, 4.69) is 23.1 Å². The fraction of sp³-hybridized carbons (Fsp3) is 0.321. The van der Waals surface area contributed by atoms with E-state index in [-0.39, 0.29) is 5.92 Å². The van der Waals surface area contributed by atoms with Crippen LogP contribution in [0.1, 0.15) is 28.7 Å². The van der Waals surface area contributed by atoms with Crippen LogP contribution in [0.3, 0.4) is 0 Å². The normalized spacial score (nSPS) is 18.3. The summed E-state index contributed by atoms with van der Waals surface area (Å²) in [5.41, 5.74) is 3.32. The van der Waals surface area contributed by atoms with E-state index in [0.717, 1.165) is 62.4 Å². The smallest absolute Gasteiger partial charge is 0.318 e. The summed E-state index contributed by atoms with van der Waals surface area (Å²) in [5, 5.41) is 10.6. The van der Waals surface area contributed by atoms with E-state index in [4.69, 9.17) is 4.74 Å². The van der Waals surface area contributed by atoms with Crippen molar-refractivity contribution in [3.63, 3.8) is 0 Å². The maximum absolute atomic E-state index is 13.0. The van der Waals surface area contributed by atoms with Crippen LogP contribution in [0.2, 0.25) is 0 Å². The first-order valence-electron chi connectivity index (χ1n) is 11.5. The largest absolute Gasteiger partial charge is 0.493 e. The minimum absolute atomic E-state index is 0.0122. The predicted molar refractivity (Wildman–Crippen MR) is 125 cm³/mol. The molecule has 0 bridgehead atoms. The average Bonchev–Trinajstić information content (AvgIpc) is 3.49. The molecule has 4 heteroatoms. The Kier molecular flexibility index (Phi) is 5.71. The van der Waals surface area contributed by atoms with Crippen LogP contribution in [-0.4, -0.2) is 42.2 Å². The van der Waals surface area contributed by atoms with E-state index in [1.165, 1.54) is 11.1 Å². The first-order chi connectivity index (χ1) is 15.7. The number of aliphatic carboxylic acids is 1. The molecule has 0 amide bonds. The van der Waals surface area contributed by atoms with Gasteiger partial charge in [-0.1, -0.05) is 72.8 Å². The zero-order valence-electron chi connectivity index (χ0n) is 18.2. The number of ether oxygens (including phenoxy) is 1. The van der Waals surface area contributed by atoms with Crippen molar-refractivity contribution in [2.24, 2.45) is 5.92 Å². The molecule has 2 aliphatic rings. The predicted octanol–water partition coefficient (Wildman–Crippen LogP) is 4.56. The molecular formula is C28H29NO3. The van der Waals surface area contributed by atoms with Crippen LogP contribution < -0.4 is 4.74 Å². The molecule has 0 aliphatic carbocycles. The molecule has 1 unspecified atom stereocenters. The summed E-state index contributed by atoms with van der Waals surface area (Å²) in [6.45, 7) is 3.43. The maximum atomic E-state index is 13.0. The number of likely N-dealkylation sites (tertiary alicyclic amines) is 1. The molecule has 1 atom stereocenters. The van der Waals surface area contributed by atoms with E-state index >= 15 is 0 Å². The van der Waals surface area contributed by atoms with Gasteiger partial charge in [0.25, 0.3) is 0 Å². The van der Waals surface area contributed by atoms with Crippen LogP contribution in [-0.2, 0) is 23.1 Å². The lowest BCUT2D eigenvalue weighted by molar-refractivity contribution is -0.144. The Hall–Kier alpha value is -3.11. The van der Waals surface area contributed by atoms with E-state index < -0.39 is 11.4 Å². The Balaban J connectivity index is 1.38. The fourth-order valence-corrected chi connectivity index (χ4v) is 5.53. The van der Waals surface area contributed by atoms with Gasteiger partial charge in [-0.05, 0) is 53.6 Å². The summed E-state index contributed by atoms with van der Waals surface area (Å²) >= 11 is 0. The van der Waals surface area contributed by atoms with E-state index in [1.807, 2.05) is 60.7 Å². The number of carboxylic acid groups (broad SMARTS) is 1. The van der Waals surface area contributed by atoms with Crippen LogP contribution >= 0.6 is 0 Å². The zero-order chi connectivity index (χ0) is 22.0. The number of hydrogen-bond donors (Lipinski definition) is 1. The Morgan fingerprint density at radius 3 is 2.34 bits per heavy atom. The van der Waals surface area contributed by atoms with E-state index in [0.29, 0.717) is 0 Å². The Labute approximate surface area is 189 Å². The minimum Gasteiger partial charge on any atom is -0.493 e. The molecule has 3 aromatic rings. The molecule has 1 N–H and O–H groups in total. The molecule has 1 saturated heterocycles. The van der Waals surface area contributed by atoms with Crippen molar-refractivity contribution in [1.29, 1.82) is 0 Å². The summed E-state index contributed by atoms with van der Waals surface area (Å²) in [6, 6.07) is 26.1. The molecular weight excluding hydrogens is 398 g/mol. The van der Waals surface area contributed by atoms with Gasteiger partial charge in [0.05, 0.1) is 6.61 Å². The number of hydrogen-bond acceptors (Lipinski definition) is 3. The van der Waals surface area contributed by atoms with Crippen LogP contribution in [0.15, 0.2) is 78.9 Å². The minimum atomic E-state index is -1.04. The van der Waals surface area contributed by atoms with Crippen molar-refractivity contribution in [2.75, 3.05) is 26.2 Å². The third kappa shape index (κ3) is 3.69. The lowest BCUT2D eigenvalue weighted by atomic mass is 9.65. The second-order valence-corrected chi connectivity index (χ2v) is 8.92. The molecule has 2 aliphatic heterocycles. The van der Waals surface area contributed by atoms with Crippen molar-refractivity contribution < 1.29 is 14.6 Å². The molecule has 0 saturated carbocycles. The number of nitrogens with zero attached hydrogens (tertiary/aromatic N) is 1. The molecule has 1 fully saturated rings. The summed E-state index contributed by atoms with van der Waals surface area (Å²) in [6.07, 6.45) is 2.83. The standard InChI is InChI=1S/C28H29NO3/c30-27(31)28(23-7-3-1-4-8-23,24-9-5-2-6-10-24)25-14-17-29(20-25)16-13-21-11-12-26-22(19-21)15-18-32-26/h1-12,19,25H,13-18,20H2,(H,30,31). The second kappa shape index (κ2) is 8.79. The summed E-state index contributed by atoms with van der Waals surface area (Å²) in [7, 11) is 0.